The minimum absolute atomic E-state index is 0.00424. The highest BCUT2D eigenvalue weighted by Gasteiger charge is 2.15. The van der Waals surface area contributed by atoms with E-state index in [1.807, 2.05) is 17.8 Å². The van der Waals surface area contributed by atoms with Crippen LogP contribution in [-0.2, 0) is 14.4 Å². The van der Waals surface area contributed by atoms with Crippen LogP contribution in [0.2, 0.25) is 0 Å². The molecule has 0 aromatic heterocycles. The number of hydroxylamine groups is 1. The summed E-state index contributed by atoms with van der Waals surface area (Å²) in [5.41, 5.74) is 4.66. The Morgan fingerprint density at radius 1 is 1.38 bits per heavy atom. The molecule has 16 heavy (non-hydrogen) atoms. The van der Waals surface area contributed by atoms with Gasteiger partial charge in [0.15, 0.2) is 0 Å². The molecule has 7 nitrogen and oxygen atoms in total. The van der Waals surface area contributed by atoms with Gasteiger partial charge in [-0.25, -0.2) is 11.3 Å². The van der Waals surface area contributed by atoms with E-state index in [0.717, 1.165) is 5.56 Å². The van der Waals surface area contributed by atoms with Gasteiger partial charge in [-0.2, -0.15) is 8.42 Å². The molecular weight excluding hydrogens is 232 g/mol. The van der Waals surface area contributed by atoms with E-state index in [0.29, 0.717) is 0 Å². The second kappa shape index (κ2) is 4.92. The van der Waals surface area contributed by atoms with Crippen LogP contribution in [0.15, 0.2) is 29.2 Å². The lowest BCUT2D eigenvalue weighted by Crippen LogP contribution is -2.41. The van der Waals surface area contributed by atoms with Gasteiger partial charge in [0.2, 0.25) is 5.96 Å². The number of hydrogen-bond donors (Lipinski definition) is 4. The molecule has 8 heteroatoms. The van der Waals surface area contributed by atoms with Gasteiger partial charge in [-0.05, 0) is 19.1 Å². The van der Waals surface area contributed by atoms with Gasteiger partial charge in [0.25, 0.3) is 0 Å². The quantitative estimate of drug-likeness (QED) is 0.249. The second-order valence-corrected chi connectivity index (χ2v) is 4.52. The molecule has 0 aliphatic carbocycles. The highest BCUT2D eigenvalue weighted by Crippen LogP contribution is 2.11. The standard InChI is InChI=1S/C8H12N4O3S/c1-6-2-4-7(5-3-6)16(13,14)15-12-8(9)11-10/h2-5H,10H2,1H3,(H3,9,11,12). The lowest BCUT2D eigenvalue weighted by Gasteiger charge is -2.07. The van der Waals surface area contributed by atoms with E-state index >= 15 is 0 Å². The van der Waals surface area contributed by atoms with E-state index in [9.17, 15) is 8.42 Å². The number of hydrazine groups is 1. The van der Waals surface area contributed by atoms with Crippen molar-refractivity contribution in [2.75, 3.05) is 0 Å². The van der Waals surface area contributed by atoms with E-state index in [1.165, 1.54) is 12.1 Å². The molecular formula is C8H12N4O3S. The van der Waals surface area contributed by atoms with Crippen molar-refractivity contribution in [2.45, 2.75) is 11.8 Å². The number of guanidine groups is 1. The lowest BCUT2D eigenvalue weighted by molar-refractivity contribution is 0.262. The number of hydrogen-bond acceptors (Lipinski definition) is 5. The van der Waals surface area contributed by atoms with Crippen LogP contribution in [0.4, 0.5) is 0 Å². The highest BCUT2D eigenvalue weighted by molar-refractivity contribution is 7.86. The molecule has 0 heterocycles. The molecule has 0 saturated heterocycles. The third kappa shape index (κ3) is 3.19. The van der Waals surface area contributed by atoms with Gasteiger partial charge < -0.3 is 0 Å². The summed E-state index contributed by atoms with van der Waals surface area (Å²) in [6.07, 6.45) is 0. The summed E-state index contributed by atoms with van der Waals surface area (Å²) in [5.74, 6) is 4.39. The molecule has 0 bridgehead atoms. The maximum Gasteiger partial charge on any atom is 0.317 e. The second-order valence-electron chi connectivity index (χ2n) is 2.97. The molecule has 1 aromatic rings. The fourth-order valence-corrected chi connectivity index (χ4v) is 1.64. The van der Waals surface area contributed by atoms with Crippen molar-refractivity contribution in [3.05, 3.63) is 29.8 Å². The van der Waals surface area contributed by atoms with Crippen LogP contribution in [0.5, 0.6) is 0 Å². The molecule has 0 spiro atoms. The zero-order valence-corrected chi connectivity index (χ0v) is 9.34. The van der Waals surface area contributed by atoms with E-state index in [1.54, 1.807) is 12.1 Å². The largest absolute Gasteiger partial charge is 0.317 e. The first-order valence-electron chi connectivity index (χ1n) is 4.27. The van der Waals surface area contributed by atoms with Gasteiger partial charge in [-0.1, -0.05) is 17.7 Å². The number of nitrogens with two attached hydrogens (primary N) is 1. The highest BCUT2D eigenvalue weighted by atomic mass is 32.2. The number of nitrogens with one attached hydrogen (secondary N) is 3. The molecule has 0 aliphatic rings. The van der Waals surface area contributed by atoms with E-state index < -0.39 is 16.1 Å². The van der Waals surface area contributed by atoms with Crippen molar-refractivity contribution >= 4 is 16.1 Å². The van der Waals surface area contributed by atoms with Crippen LogP contribution in [0.25, 0.3) is 0 Å². The minimum Gasteiger partial charge on any atom is -0.293 e. The van der Waals surface area contributed by atoms with Gasteiger partial charge in [-0.3, -0.25) is 10.8 Å². The first-order valence-corrected chi connectivity index (χ1v) is 5.68. The zero-order valence-electron chi connectivity index (χ0n) is 8.52. The Morgan fingerprint density at radius 2 is 1.94 bits per heavy atom. The average molecular weight is 244 g/mol. The van der Waals surface area contributed by atoms with Gasteiger partial charge >= 0.3 is 10.1 Å². The fourth-order valence-electron chi connectivity index (χ4n) is 0.879. The normalized spacial score (nSPS) is 10.9. The van der Waals surface area contributed by atoms with Crippen LogP contribution in [0, 0.1) is 12.3 Å². The molecule has 0 radical (unpaired) electrons. The maximum atomic E-state index is 11.5. The smallest absolute Gasteiger partial charge is 0.293 e. The summed E-state index contributed by atoms with van der Waals surface area (Å²) in [5, 5.41) is 6.98. The SMILES string of the molecule is Cc1ccc(S(=O)(=O)ONC(=N)NN)cc1. The third-order valence-electron chi connectivity index (χ3n) is 1.71. The Morgan fingerprint density at radius 3 is 2.44 bits per heavy atom. The Hall–Kier alpha value is -1.64. The monoisotopic (exact) mass is 244 g/mol. The van der Waals surface area contributed by atoms with Crippen LogP contribution >= 0.6 is 0 Å². The van der Waals surface area contributed by atoms with Crippen molar-refractivity contribution < 1.29 is 12.7 Å². The minimum atomic E-state index is -3.93. The maximum absolute atomic E-state index is 11.5. The molecule has 1 rings (SSSR count). The molecule has 0 fully saturated rings. The Kier molecular flexibility index (Phi) is 3.82. The van der Waals surface area contributed by atoms with Gasteiger partial charge in [0.1, 0.15) is 0 Å². The van der Waals surface area contributed by atoms with Crippen LogP contribution in [0.1, 0.15) is 5.56 Å². The molecule has 0 amide bonds. The predicted molar refractivity (Wildman–Crippen MR) is 57.6 cm³/mol. The van der Waals surface area contributed by atoms with Gasteiger partial charge in [0, 0.05) is 0 Å². The van der Waals surface area contributed by atoms with E-state index in [-0.39, 0.29) is 4.90 Å². The molecule has 1 aromatic carbocycles. The Labute approximate surface area is 93.2 Å². The van der Waals surface area contributed by atoms with Gasteiger partial charge in [-0.15, -0.1) is 4.28 Å². The summed E-state index contributed by atoms with van der Waals surface area (Å²) in [6.45, 7) is 1.84. The van der Waals surface area contributed by atoms with Gasteiger partial charge in [0.05, 0.1) is 4.90 Å². The summed E-state index contributed by atoms with van der Waals surface area (Å²) < 4.78 is 27.4. The van der Waals surface area contributed by atoms with Crippen LogP contribution in [-0.4, -0.2) is 14.4 Å². The fraction of sp³-hybridized carbons (Fsp3) is 0.125. The van der Waals surface area contributed by atoms with Crippen LogP contribution in [0.3, 0.4) is 0 Å². The van der Waals surface area contributed by atoms with Crippen molar-refractivity contribution in [1.29, 1.82) is 5.41 Å². The van der Waals surface area contributed by atoms with E-state index in [4.69, 9.17) is 11.3 Å². The zero-order chi connectivity index (χ0) is 12.2. The summed E-state index contributed by atoms with van der Waals surface area (Å²) in [4.78, 5) is -0.00424. The molecule has 0 atom stereocenters. The van der Waals surface area contributed by atoms with Crippen molar-refractivity contribution in [3.63, 3.8) is 0 Å². The molecule has 0 unspecified atom stereocenters. The van der Waals surface area contributed by atoms with Crippen molar-refractivity contribution in [2.24, 2.45) is 5.84 Å². The first kappa shape index (κ1) is 12.4. The molecule has 88 valence electrons. The number of aryl methyl sites for hydroxylation is 1. The number of rotatable bonds is 3. The van der Waals surface area contributed by atoms with Crippen molar-refractivity contribution in [3.8, 4) is 0 Å². The summed E-state index contributed by atoms with van der Waals surface area (Å²) in [7, 11) is -3.93. The molecule has 0 aliphatic heterocycles. The van der Waals surface area contributed by atoms with E-state index in [2.05, 4.69) is 4.28 Å². The summed E-state index contributed by atoms with van der Waals surface area (Å²) >= 11 is 0. The molecule has 5 N–H and O–H groups in total. The first-order chi connectivity index (χ1) is 7.45. The lowest BCUT2D eigenvalue weighted by atomic mass is 10.2. The molecule has 0 saturated carbocycles. The summed E-state index contributed by atoms with van der Waals surface area (Å²) in [6, 6.07) is 6.10. The van der Waals surface area contributed by atoms with Crippen molar-refractivity contribution in [1.82, 2.24) is 10.9 Å². The topological polar surface area (TPSA) is 117 Å². The number of benzene rings is 1. The van der Waals surface area contributed by atoms with Crippen LogP contribution < -0.4 is 16.7 Å². The average Bonchev–Trinajstić information content (AvgIpc) is 2.26. The third-order valence-corrected chi connectivity index (χ3v) is 2.86. The Bertz CT molecular complexity index is 469. The predicted octanol–water partition coefficient (Wildman–Crippen LogP) is -0.397. The Balaban J connectivity index is 2.78.